The minimum Gasteiger partial charge on any atom is -0.454 e. The minimum absolute atomic E-state index is 0.00588. The monoisotopic (exact) mass is 2010 g/mol. The Morgan fingerprint density at radius 3 is 0.817 bits per heavy atom. The highest BCUT2D eigenvalue weighted by molar-refractivity contribution is 6.77. The van der Waals surface area contributed by atoms with Gasteiger partial charge in [-0.2, -0.15) is 0 Å². The fourth-order valence-electron chi connectivity index (χ4n) is 18.8. The molecule has 0 aliphatic carbocycles. The van der Waals surface area contributed by atoms with E-state index < -0.39 is 159 Å². The van der Waals surface area contributed by atoms with Gasteiger partial charge in [0.25, 0.3) is 3.79 Å². The normalized spacial score (nSPS) is 24.8. The zero-order valence-electron chi connectivity index (χ0n) is 81.0. The summed E-state index contributed by atoms with van der Waals surface area (Å²) < 4.78 is 152. The average Bonchev–Trinajstić information content (AvgIpc) is 0.752. The van der Waals surface area contributed by atoms with Crippen molar-refractivity contribution in [3.63, 3.8) is 0 Å². The molecule has 15 rings (SSSR count). The molecular formula is C114H128Cl3NO23Si. The van der Waals surface area contributed by atoms with Gasteiger partial charge in [0.1, 0.15) is 85.5 Å². The van der Waals surface area contributed by atoms with E-state index in [0.717, 1.165) is 55.6 Å². The Kier molecular flexibility index (Phi) is 40.4. The first kappa shape index (κ1) is 106. The van der Waals surface area contributed by atoms with Crippen molar-refractivity contribution < 1.29 is 109 Å². The smallest absolute Gasteiger partial charge is 0.338 e. The number of rotatable bonds is 49. The summed E-state index contributed by atoms with van der Waals surface area (Å²) in [5.74, 6) is -2.40. The molecular weight excluding hydrogens is 1890 g/mol. The topological polar surface area (TPSA) is 252 Å². The maximum Gasteiger partial charge on any atom is 0.338 e. The summed E-state index contributed by atoms with van der Waals surface area (Å²) in [5.41, 5.74) is 8.47. The minimum atomic E-state index is -2.91. The Hall–Kier alpha value is -9.80. The van der Waals surface area contributed by atoms with E-state index in [9.17, 15) is 15.0 Å². The molecule has 20 atom stereocenters. The molecule has 11 aromatic carbocycles. The molecule has 4 heterocycles. The van der Waals surface area contributed by atoms with Crippen LogP contribution in [0.15, 0.2) is 334 Å². The van der Waals surface area contributed by atoms with Gasteiger partial charge in [0.2, 0.25) is 12.2 Å². The fourth-order valence-corrected chi connectivity index (χ4v) is 24.4. The third-order valence-electron chi connectivity index (χ3n) is 25.7. The van der Waals surface area contributed by atoms with E-state index in [1.807, 2.05) is 303 Å². The third-order valence-corrected chi connectivity index (χ3v) is 32.3. The fraction of sp³-hybridized carbons (Fsp3) is 0.395. The standard InChI is InChI=1S/C114H128Cl3NO23Si/c1-77(2)142(78(3)4,79(5)6)132-76-95-99(126-68-86-51-29-13-30-52-86)103(130-72-90-59-37-17-38-60-90)107(140-110-105(133-80(7)119)101(128-70-88-55-33-15-34-56-88)97(124-66-84-47-25-11-26-48-84)93(135-110)74-122-64-82-43-21-9-22-44-82)111(137-95)139-104-100(127-69-87-53-31-14-32-54-87)96(123-65-83-45-23-10-24-46-83)92(73-121-63-81-41-19-8-20-42-81)134-109(104)131-75-94-98(125-67-85-49-27-12-28-50-85)102(129-71-89-57-35-16-36-58-89)106(112(136-94)141-113(118)114(115,116)117)138-108(120)91-61-39-18-40-62-91/h8-62,77-79,92-107,109-112,118H,63-76H2,1-7H3. The Bertz CT molecular complexity index is 5480. The van der Waals surface area contributed by atoms with Crippen molar-refractivity contribution in [2.75, 3.05) is 26.4 Å². The molecule has 1 N–H and O–H groups in total. The SMILES string of the molecule is CC(=O)OC1C(OC2C(OC3C(OCC4OC(OC(=N)C(Cl)(Cl)Cl)C(OC(=O)c5ccccc5)C(OCc5ccccc5)C4OCc4ccccc4)OC(COCc4ccccc4)C(OCc4ccccc4)C3OCc3ccccc3)OC(CO[Si](C(C)C)(C(C)C)C(C)C)C(OCc3ccccc3)C2OCc2ccccc2)OC(COCc2ccccc2)C(OCc2ccccc2)C1OCc1ccccc1. The van der Waals surface area contributed by atoms with Crippen molar-refractivity contribution in [2.24, 2.45) is 0 Å². The Morgan fingerprint density at radius 2 is 0.521 bits per heavy atom. The van der Waals surface area contributed by atoms with Gasteiger partial charge in [-0.1, -0.05) is 398 Å². The summed E-state index contributed by atoms with van der Waals surface area (Å²) in [7, 11) is -2.91. The second-order valence-electron chi connectivity index (χ2n) is 36.7. The predicted octanol–water partition coefficient (Wildman–Crippen LogP) is 21.5. The first-order valence-electron chi connectivity index (χ1n) is 48.6. The highest BCUT2D eigenvalue weighted by atomic mass is 35.6. The Morgan fingerprint density at radius 1 is 0.282 bits per heavy atom. The van der Waals surface area contributed by atoms with Gasteiger partial charge in [-0.25, -0.2) is 4.79 Å². The largest absolute Gasteiger partial charge is 0.454 e. The number of ether oxygens (including phenoxy) is 20. The number of benzene rings is 11. The van der Waals surface area contributed by atoms with Gasteiger partial charge in [0.15, 0.2) is 39.4 Å². The van der Waals surface area contributed by atoms with Crippen LogP contribution in [0.25, 0.3) is 0 Å². The summed E-state index contributed by atoms with van der Waals surface area (Å²) in [6.45, 7) is 14.0. The van der Waals surface area contributed by atoms with Crippen LogP contribution in [-0.2, 0) is 170 Å². The second-order valence-corrected chi connectivity index (χ2v) is 44.4. The third kappa shape index (κ3) is 30.0. The highest BCUT2D eigenvalue weighted by Crippen LogP contribution is 2.46. The number of alkyl halides is 3. The zero-order valence-corrected chi connectivity index (χ0v) is 84.2. The summed E-state index contributed by atoms with van der Waals surface area (Å²) >= 11 is 19.8. The van der Waals surface area contributed by atoms with Crippen LogP contribution in [0, 0.1) is 5.41 Å². The molecule has 4 saturated heterocycles. The van der Waals surface area contributed by atoms with Crippen molar-refractivity contribution >= 4 is 61.0 Å². The van der Waals surface area contributed by atoms with Crippen molar-refractivity contribution in [3.8, 4) is 0 Å². The molecule has 4 aliphatic heterocycles. The van der Waals surface area contributed by atoms with Gasteiger partial charge in [0.05, 0.1) is 98.1 Å². The summed E-state index contributed by atoms with van der Waals surface area (Å²) in [4.78, 5) is 29.5. The second kappa shape index (κ2) is 53.9. The quantitative estimate of drug-likeness (QED) is 0.0122. The number of nitrogens with one attached hydrogen (secondary N) is 1. The molecule has 20 unspecified atom stereocenters. The predicted molar refractivity (Wildman–Crippen MR) is 540 cm³/mol. The van der Waals surface area contributed by atoms with Crippen LogP contribution in [0.5, 0.6) is 0 Å². The lowest BCUT2D eigenvalue weighted by molar-refractivity contribution is -0.405. The van der Waals surface area contributed by atoms with Crippen LogP contribution in [-0.4, -0.2) is 179 Å². The van der Waals surface area contributed by atoms with E-state index in [4.69, 9.17) is 134 Å². The van der Waals surface area contributed by atoms with E-state index >= 15 is 0 Å². The molecule has 0 spiro atoms. The van der Waals surface area contributed by atoms with Gasteiger partial charge in [-0.05, 0) is 84.4 Å². The average molecular weight is 2010 g/mol. The maximum atomic E-state index is 14.9. The van der Waals surface area contributed by atoms with Crippen LogP contribution in [0.3, 0.4) is 0 Å². The van der Waals surface area contributed by atoms with Crippen LogP contribution in [0.2, 0.25) is 16.6 Å². The van der Waals surface area contributed by atoms with Crippen LogP contribution < -0.4 is 0 Å². The lowest BCUT2D eigenvalue weighted by atomic mass is 9.95. The number of carbonyl (C=O) groups is 2. The first-order valence-corrected chi connectivity index (χ1v) is 51.9. The van der Waals surface area contributed by atoms with Gasteiger partial charge in [0, 0.05) is 6.92 Å². The molecule has 28 heteroatoms. The zero-order chi connectivity index (χ0) is 99.0. The molecule has 752 valence electrons. The Labute approximate surface area is 848 Å². The molecule has 142 heavy (non-hydrogen) atoms. The number of esters is 2. The molecule has 24 nitrogen and oxygen atoms in total. The van der Waals surface area contributed by atoms with Crippen molar-refractivity contribution in [3.05, 3.63) is 395 Å². The molecule has 4 fully saturated rings. The number of hydrogen-bond donors (Lipinski definition) is 1. The molecule has 0 radical (unpaired) electrons. The van der Waals surface area contributed by atoms with Gasteiger partial charge in [-0.3, -0.25) is 10.2 Å². The molecule has 0 amide bonds. The van der Waals surface area contributed by atoms with Crippen LogP contribution in [0.4, 0.5) is 0 Å². The number of halogens is 3. The van der Waals surface area contributed by atoms with Crippen molar-refractivity contribution in [2.45, 2.75) is 258 Å². The molecule has 11 aromatic rings. The molecule has 0 saturated carbocycles. The van der Waals surface area contributed by atoms with E-state index in [0.29, 0.717) is 0 Å². The van der Waals surface area contributed by atoms with Crippen molar-refractivity contribution in [1.82, 2.24) is 0 Å². The molecule has 0 bridgehead atoms. The first-order chi connectivity index (χ1) is 69.2. The van der Waals surface area contributed by atoms with E-state index in [2.05, 4.69) is 41.5 Å². The van der Waals surface area contributed by atoms with Crippen molar-refractivity contribution in [1.29, 1.82) is 5.41 Å². The van der Waals surface area contributed by atoms with E-state index in [-0.39, 0.29) is 108 Å². The Balaban J connectivity index is 0.936. The summed E-state index contributed by atoms with van der Waals surface area (Å²) in [6.07, 6.45) is -27.6. The van der Waals surface area contributed by atoms with Gasteiger partial charge >= 0.3 is 11.9 Å². The van der Waals surface area contributed by atoms with Crippen LogP contribution >= 0.6 is 34.8 Å². The number of hydrogen-bond acceptors (Lipinski definition) is 24. The molecule has 4 aliphatic rings. The highest BCUT2D eigenvalue weighted by Gasteiger charge is 2.61. The van der Waals surface area contributed by atoms with Gasteiger partial charge < -0.3 is 99.2 Å². The maximum absolute atomic E-state index is 14.9. The molecule has 0 aromatic heterocycles. The summed E-state index contributed by atoms with van der Waals surface area (Å²) in [5, 5.41) is 9.30. The number of carbonyl (C=O) groups excluding carboxylic acids is 2. The lowest BCUT2D eigenvalue weighted by Crippen LogP contribution is -2.69. The van der Waals surface area contributed by atoms with Gasteiger partial charge in [-0.15, -0.1) is 0 Å². The van der Waals surface area contributed by atoms with E-state index in [1.165, 1.54) is 6.92 Å². The van der Waals surface area contributed by atoms with E-state index in [1.54, 1.807) is 30.3 Å². The van der Waals surface area contributed by atoms with Crippen LogP contribution in [0.1, 0.15) is 114 Å². The summed E-state index contributed by atoms with van der Waals surface area (Å²) in [6, 6.07) is 105. The lowest BCUT2D eigenvalue weighted by Gasteiger charge is -2.52.